The molecule has 3 N–H and O–H groups in total. The molecule has 7 nitrogen and oxygen atoms in total. The molecule has 3 heterocycles. The SMILES string of the molecule is CC1=N/C(=C2\CN(C(=O)c3ccc(F)cc3OC3CNCC(F)C3)CC2=N)NC(C)=C1Cl. The second-order valence-electron chi connectivity index (χ2n) is 8.10. The fourth-order valence-electron chi connectivity index (χ4n) is 3.94. The Morgan fingerprint density at radius 3 is 2.81 bits per heavy atom. The van der Waals surface area contributed by atoms with Gasteiger partial charge in [0, 0.05) is 36.8 Å². The van der Waals surface area contributed by atoms with Crippen molar-refractivity contribution in [2.24, 2.45) is 4.99 Å². The van der Waals surface area contributed by atoms with Gasteiger partial charge in [0.1, 0.15) is 29.7 Å². The van der Waals surface area contributed by atoms with Crippen molar-refractivity contribution in [2.45, 2.75) is 32.5 Å². The van der Waals surface area contributed by atoms with Crippen molar-refractivity contribution >= 4 is 28.9 Å². The first kappa shape index (κ1) is 22.4. The zero-order chi connectivity index (χ0) is 23.0. The van der Waals surface area contributed by atoms with Crippen molar-refractivity contribution in [1.29, 1.82) is 5.41 Å². The second-order valence-corrected chi connectivity index (χ2v) is 8.48. The first-order valence-corrected chi connectivity index (χ1v) is 10.7. The van der Waals surface area contributed by atoms with Gasteiger partial charge in [0.2, 0.25) is 0 Å². The van der Waals surface area contributed by atoms with Crippen LogP contribution in [0.1, 0.15) is 30.6 Å². The van der Waals surface area contributed by atoms with Crippen LogP contribution in [0.5, 0.6) is 5.75 Å². The van der Waals surface area contributed by atoms with E-state index < -0.39 is 24.0 Å². The number of hydrogen-bond donors (Lipinski definition) is 3. The predicted molar refractivity (Wildman–Crippen MR) is 119 cm³/mol. The van der Waals surface area contributed by atoms with E-state index in [-0.39, 0.29) is 43.1 Å². The van der Waals surface area contributed by atoms with E-state index in [9.17, 15) is 13.6 Å². The first-order chi connectivity index (χ1) is 15.2. The van der Waals surface area contributed by atoms with Crippen LogP contribution in [0.4, 0.5) is 8.78 Å². The maximum absolute atomic E-state index is 13.9. The van der Waals surface area contributed by atoms with E-state index in [1.165, 1.54) is 17.0 Å². The molecule has 170 valence electrons. The summed E-state index contributed by atoms with van der Waals surface area (Å²) in [5.74, 6) is -0.395. The molecule has 0 radical (unpaired) electrons. The highest BCUT2D eigenvalue weighted by atomic mass is 35.5. The molecule has 4 rings (SSSR count). The number of amides is 1. The first-order valence-electron chi connectivity index (χ1n) is 10.3. The molecule has 3 aliphatic rings. The van der Waals surface area contributed by atoms with Crippen LogP contribution in [-0.4, -0.2) is 60.7 Å². The molecule has 0 spiro atoms. The molecule has 3 aliphatic heterocycles. The summed E-state index contributed by atoms with van der Waals surface area (Å²) in [7, 11) is 0. The van der Waals surface area contributed by atoms with Gasteiger partial charge in [-0.1, -0.05) is 11.6 Å². The lowest BCUT2D eigenvalue weighted by atomic mass is 10.1. The maximum atomic E-state index is 13.9. The minimum Gasteiger partial charge on any atom is -0.488 e. The second kappa shape index (κ2) is 8.99. The third kappa shape index (κ3) is 4.54. The Morgan fingerprint density at radius 2 is 2.09 bits per heavy atom. The summed E-state index contributed by atoms with van der Waals surface area (Å²) in [6.07, 6.45) is -1.40. The maximum Gasteiger partial charge on any atom is 0.258 e. The number of likely N-dealkylation sites (tertiary alicyclic amines) is 1. The van der Waals surface area contributed by atoms with Crippen LogP contribution >= 0.6 is 11.6 Å². The molecule has 10 heteroatoms. The molecular weight excluding hydrogens is 440 g/mol. The number of rotatable bonds is 3. The van der Waals surface area contributed by atoms with E-state index in [0.29, 0.717) is 28.7 Å². The minimum absolute atomic E-state index is 0.0683. The lowest BCUT2D eigenvalue weighted by molar-refractivity contribution is 0.0787. The van der Waals surface area contributed by atoms with Crippen molar-refractivity contribution in [2.75, 3.05) is 26.2 Å². The number of carbonyl (C=O) groups excluding carboxylic acids is 1. The Hall–Kier alpha value is -2.78. The summed E-state index contributed by atoms with van der Waals surface area (Å²) in [4.78, 5) is 19.2. The molecule has 1 aromatic carbocycles. The number of nitrogens with one attached hydrogen (secondary N) is 3. The van der Waals surface area contributed by atoms with E-state index in [1.807, 2.05) is 6.92 Å². The van der Waals surface area contributed by atoms with Gasteiger partial charge in [0.25, 0.3) is 5.91 Å². The quantitative estimate of drug-likeness (QED) is 0.642. The number of benzene rings is 1. The van der Waals surface area contributed by atoms with Gasteiger partial charge in [-0.3, -0.25) is 4.79 Å². The number of alkyl halides is 1. The van der Waals surface area contributed by atoms with Gasteiger partial charge >= 0.3 is 0 Å². The number of ether oxygens (including phenoxy) is 1. The molecule has 0 saturated carbocycles. The summed E-state index contributed by atoms with van der Waals surface area (Å²) in [6.45, 7) is 4.49. The Morgan fingerprint density at radius 1 is 1.31 bits per heavy atom. The third-order valence-electron chi connectivity index (χ3n) is 5.59. The number of nitrogens with zero attached hydrogens (tertiary/aromatic N) is 2. The predicted octanol–water partition coefficient (Wildman–Crippen LogP) is 3.13. The fraction of sp³-hybridized carbons (Fsp3) is 0.409. The number of carbonyl (C=O) groups is 1. The van der Waals surface area contributed by atoms with E-state index >= 15 is 0 Å². The van der Waals surface area contributed by atoms with Crippen molar-refractivity contribution in [3.63, 3.8) is 0 Å². The Kier molecular flexibility index (Phi) is 6.30. The highest BCUT2D eigenvalue weighted by Gasteiger charge is 2.32. The van der Waals surface area contributed by atoms with Crippen LogP contribution in [0.15, 0.2) is 45.3 Å². The van der Waals surface area contributed by atoms with Crippen molar-refractivity contribution in [3.8, 4) is 5.75 Å². The highest BCUT2D eigenvalue weighted by molar-refractivity contribution is 6.43. The van der Waals surface area contributed by atoms with Crippen molar-refractivity contribution < 1.29 is 18.3 Å². The van der Waals surface area contributed by atoms with Crippen LogP contribution in [0.3, 0.4) is 0 Å². The van der Waals surface area contributed by atoms with Crippen LogP contribution in [0.25, 0.3) is 0 Å². The van der Waals surface area contributed by atoms with Crippen LogP contribution in [0.2, 0.25) is 0 Å². The standard InChI is InChI=1S/C22H24ClF2N5O2/c1-11-20(23)12(2)29-21(28-11)17-9-30(10-18(17)26)22(31)16-4-3-13(24)6-19(16)32-15-5-14(25)7-27-8-15/h3-4,6,14-15,26-28H,5,7-10H2,1-2H3/b21-17+,26-18?. The summed E-state index contributed by atoms with van der Waals surface area (Å²) < 4.78 is 33.4. The van der Waals surface area contributed by atoms with E-state index in [0.717, 1.165) is 11.8 Å². The molecule has 2 unspecified atom stereocenters. The highest BCUT2D eigenvalue weighted by Crippen LogP contribution is 2.28. The van der Waals surface area contributed by atoms with Gasteiger partial charge in [-0.15, -0.1) is 0 Å². The number of hydrogen-bond acceptors (Lipinski definition) is 6. The Bertz CT molecular complexity index is 1070. The minimum atomic E-state index is -1.06. The number of allylic oxidation sites excluding steroid dienone is 2. The lowest BCUT2D eigenvalue weighted by Crippen LogP contribution is -2.43. The molecule has 1 amide bonds. The van der Waals surface area contributed by atoms with Crippen LogP contribution < -0.4 is 15.4 Å². The molecule has 1 aromatic rings. The summed E-state index contributed by atoms with van der Waals surface area (Å²) >= 11 is 6.18. The number of piperidine rings is 1. The summed E-state index contributed by atoms with van der Waals surface area (Å²) in [5, 5.41) is 14.9. The summed E-state index contributed by atoms with van der Waals surface area (Å²) in [5.41, 5.74) is 2.36. The zero-order valence-electron chi connectivity index (χ0n) is 17.8. The van der Waals surface area contributed by atoms with Crippen molar-refractivity contribution in [1.82, 2.24) is 15.5 Å². The van der Waals surface area contributed by atoms with Gasteiger partial charge in [-0.25, -0.2) is 13.8 Å². The molecule has 0 aliphatic carbocycles. The van der Waals surface area contributed by atoms with E-state index in [2.05, 4.69) is 15.6 Å². The smallest absolute Gasteiger partial charge is 0.258 e. The van der Waals surface area contributed by atoms with E-state index in [4.69, 9.17) is 21.7 Å². The van der Waals surface area contributed by atoms with Gasteiger partial charge in [0.15, 0.2) is 0 Å². The lowest BCUT2D eigenvalue weighted by Gasteiger charge is -2.27. The number of aliphatic imine (C=N–C) groups is 1. The molecule has 0 aromatic heterocycles. The molecule has 2 atom stereocenters. The van der Waals surface area contributed by atoms with Gasteiger partial charge in [0.05, 0.1) is 35.1 Å². The van der Waals surface area contributed by atoms with Gasteiger partial charge < -0.3 is 25.7 Å². The molecule has 2 fully saturated rings. The van der Waals surface area contributed by atoms with Crippen molar-refractivity contribution in [3.05, 3.63) is 51.7 Å². The topological polar surface area (TPSA) is 89.8 Å². The molecular formula is C22H24ClF2N5O2. The average molecular weight is 464 g/mol. The summed E-state index contributed by atoms with van der Waals surface area (Å²) in [6, 6.07) is 3.69. The third-order valence-corrected chi connectivity index (χ3v) is 6.15. The Balaban J connectivity index is 1.57. The Labute approximate surface area is 189 Å². The monoisotopic (exact) mass is 463 g/mol. The van der Waals surface area contributed by atoms with Crippen LogP contribution in [-0.2, 0) is 0 Å². The molecule has 0 bridgehead atoms. The van der Waals surface area contributed by atoms with Crippen LogP contribution in [0, 0.1) is 11.2 Å². The van der Waals surface area contributed by atoms with E-state index in [1.54, 1.807) is 6.92 Å². The number of halogens is 3. The normalized spacial score (nSPS) is 26.2. The van der Waals surface area contributed by atoms with Gasteiger partial charge in [-0.05, 0) is 26.0 Å². The molecule has 2 saturated heterocycles. The van der Waals surface area contributed by atoms with Gasteiger partial charge in [-0.2, -0.15) is 0 Å². The fourth-order valence-corrected chi connectivity index (χ4v) is 4.03. The molecule has 32 heavy (non-hydrogen) atoms. The zero-order valence-corrected chi connectivity index (χ0v) is 18.5. The average Bonchev–Trinajstić information content (AvgIpc) is 3.13. The largest absolute Gasteiger partial charge is 0.488 e.